The topological polar surface area (TPSA) is 50.9 Å². The summed E-state index contributed by atoms with van der Waals surface area (Å²) in [6, 6.07) is 10.3. The molecular formula is C15H19N3S2. The Bertz CT molecular complexity index is 613. The highest BCUT2D eigenvalue weighted by atomic mass is 32.2. The SMILES string of the molecule is CCSCC(C)Nc1nc2ccccc2cc1C(N)=S. The molecule has 1 aromatic carbocycles. The van der Waals surface area contributed by atoms with Gasteiger partial charge in [-0.1, -0.05) is 37.3 Å². The van der Waals surface area contributed by atoms with Crippen molar-refractivity contribution in [2.75, 3.05) is 16.8 Å². The first-order valence-electron chi connectivity index (χ1n) is 6.65. The number of pyridine rings is 1. The molecule has 2 rings (SSSR count). The standard InChI is InChI=1S/C15H19N3S2/c1-3-20-9-10(2)17-15-12(14(16)19)8-11-6-4-5-7-13(11)18-15/h4-8,10H,3,9H2,1-2H3,(H2,16,19)(H,17,18). The lowest BCUT2D eigenvalue weighted by Gasteiger charge is -2.17. The third kappa shape index (κ3) is 3.61. The van der Waals surface area contributed by atoms with Crippen LogP contribution in [-0.4, -0.2) is 27.5 Å². The molecule has 0 aliphatic carbocycles. The van der Waals surface area contributed by atoms with Gasteiger partial charge in [-0.3, -0.25) is 0 Å². The molecule has 0 spiro atoms. The van der Waals surface area contributed by atoms with Gasteiger partial charge >= 0.3 is 0 Å². The summed E-state index contributed by atoms with van der Waals surface area (Å²) < 4.78 is 0. The fourth-order valence-electron chi connectivity index (χ4n) is 1.98. The van der Waals surface area contributed by atoms with Gasteiger partial charge in [0, 0.05) is 17.2 Å². The number of thiocarbonyl (C=S) groups is 1. The maximum absolute atomic E-state index is 5.83. The number of hydrogen-bond donors (Lipinski definition) is 2. The Morgan fingerprint density at radius 1 is 1.45 bits per heavy atom. The molecule has 1 atom stereocenters. The van der Waals surface area contributed by atoms with Crippen LogP contribution in [-0.2, 0) is 0 Å². The van der Waals surface area contributed by atoms with Gasteiger partial charge in [0.15, 0.2) is 0 Å². The van der Waals surface area contributed by atoms with Gasteiger partial charge < -0.3 is 11.1 Å². The van der Waals surface area contributed by atoms with E-state index in [1.54, 1.807) is 0 Å². The smallest absolute Gasteiger partial charge is 0.137 e. The van der Waals surface area contributed by atoms with Crippen LogP contribution in [0, 0.1) is 0 Å². The van der Waals surface area contributed by atoms with E-state index in [1.165, 1.54) is 0 Å². The summed E-state index contributed by atoms with van der Waals surface area (Å²) in [7, 11) is 0. The van der Waals surface area contributed by atoms with Gasteiger partial charge in [-0.25, -0.2) is 4.98 Å². The van der Waals surface area contributed by atoms with Crippen molar-refractivity contribution in [3.63, 3.8) is 0 Å². The Balaban J connectivity index is 2.34. The van der Waals surface area contributed by atoms with Crippen molar-refractivity contribution in [1.29, 1.82) is 0 Å². The number of nitrogens with two attached hydrogens (primary N) is 1. The highest BCUT2D eigenvalue weighted by Gasteiger charge is 2.11. The van der Waals surface area contributed by atoms with Gasteiger partial charge in [-0.05, 0) is 24.8 Å². The van der Waals surface area contributed by atoms with Crippen molar-refractivity contribution in [1.82, 2.24) is 4.98 Å². The fourth-order valence-corrected chi connectivity index (χ4v) is 2.81. The Hall–Kier alpha value is -1.33. The number of benzene rings is 1. The summed E-state index contributed by atoms with van der Waals surface area (Å²) in [6.45, 7) is 4.30. The zero-order valence-electron chi connectivity index (χ0n) is 11.7. The van der Waals surface area contributed by atoms with E-state index in [-0.39, 0.29) is 0 Å². The third-order valence-electron chi connectivity index (χ3n) is 2.94. The van der Waals surface area contributed by atoms with Gasteiger partial charge in [-0.15, -0.1) is 0 Å². The molecule has 0 amide bonds. The summed E-state index contributed by atoms with van der Waals surface area (Å²) >= 11 is 7.04. The predicted molar refractivity (Wildman–Crippen MR) is 93.7 cm³/mol. The first-order valence-corrected chi connectivity index (χ1v) is 8.22. The first kappa shape index (κ1) is 15.1. The van der Waals surface area contributed by atoms with Crippen molar-refractivity contribution >= 4 is 45.7 Å². The van der Waals surface area contributed by atoms with E-state index in [1.807, 2.05) is 42.1 Å². The molecule has 0 saturated heterocycles. The van der Waals surface area contributed by atoms with Crippen LogP contribution in [0.25, 0.3) is 10.9 Å². The second-order valence-electron chi connectivity index (χ2n) is 4.65. The number of hydrogen-bond acceptors (Lipinski definition) is 4. The van der Waals surface area contributed by atoms with Crippen LogP contribution in [0.15, 0.2) is 30.3 Å². The minimum Gasteiger partial charge on any atom is -0.389 e. The molecule has 0 saturated carbocycles. The number of fused-ring (bicyclic) bond motifs is 1. The molecule has 1 aromatic heterocycles. The Morgan fingerprint density at radius 3 is 2.90 bits per heavy atom. The molecule has 0 aliphatic rings. The van der Waals surface area contributed by atoms with Crippen LogP contribution < -0.4 is 11.1 Å². The second kappa shape index (κ2) is 6.90. The Morgan fingerprint density at radius 2 is 2.20 bits per heavy atom. The van der Waals surface area contributed by atoms with Crippen molar-refractivity contribution in [3.05, 3.63) is 35.9 Å². The number of anilines is 1. The molecule has 5 heteroatoms. The van der Waals surface area contributed by atoms with Crippen LogP contribution >= 0.6 is 24.0 Å². The number of thioether (sulfide) groups is 1. The monoisotopic (exact) mass is 305 g/mol. The summed E-state index contributed by atoms with van der Waals surface area (Å²) in [5, 5.41) is 4.47. The number of para-hydroxylation sites is 1. The predicted octanol–water partition coefficient (Wildman–Crippen LogP) is 3.42. The number of aromatic nitrogens is 1. The second-order valence-corrected chi connectivity index (χ2v) is 6.41. The fraction of sp³-hybridized carbons (Fsp3) is 0.333. The van der Waals surface area contributed by atoms with Gasteiger partial charge in [0.1, 0.15) is 10.8 Å². The maximum Gasteiger partial charge on any atom is 0.137 e. The van der Waals surface area contributed by atoms with Crippen molar-refractivity contribution in [2.24, 2.45) is 5.73 Å². The van der Waals surface area contributed by atoms with E-state index in [0.717, 1.165) is 33.8 Å². The minimum absolute atomic E-state index is 0.321. The first-order chi connectivity index (χ1) is 9.61. The van der Waals surface area contributed by atoms with Gasteiger partial charge in [-0.2, -0.15) is 11.8 Å². The van der Waals surface area contributed by atoms with Gasteiger partial charge in [0.2, 0.25) is 0 Å². The van der Waals surface area contributed by atoms with E-state index in [2.05, 4.69) is 24.1 Å². The zero-order valence-corrected chi connectivity index (χ0v) is 13.4. The normalized spacial score (nSPS) is 12.3. The Labute approximate surface area is 129 Å². The van der Waals surface area contributed by atoms with E-state index < -0.39 is 0 Å². The zero-order chi connectivity index (χ0) is 14.5. The Kier molecular flexibility index (Phi) is 5.20. The molecule has 1 unspecified atom stereocenters. The lowest BCUT2D eigenvalue weighted by atomic mass is 10.1. The van der Waals surface area contributed by atoms with E-state index in [9.17, 15) is 0 Å². The van der Waals surface area contributed by atoms with Crippen LogP contribution in [0.1, 0.15) is 19.4 Å². The van der Waals surface area contributed by atoms with Crippen LogP contribution in [0.3, 0.4) is 0 Å². The molecule has 0 bridgehead atoms. The number of nitrogens with one attached hydrogen (secondary N) is 1. The highest BCUT2D eigenvalue weighted by molar-refractivity contribution is 7.99. The van der Waals surface area contributed by atoms with Crippen molar-refractivity contribution in [2.45, 2.75) is 19.9 Å². The summed E-state index contributed by atoms with van der Waals surface area (Å²) in [6.07, 6.45) is 0. The molecule has 3 nitrogen and oxygen atoms in total. The maximum atomic E-state index is 5.83. The average molecular weight is 305 g/mol. The number of nitrogens with zero attached hydrogens (tertiary/aromatic N) is 1. The van der Waals surface area contributed by atoms with E-state index >= 15 is 0 Å². The van der Waals surface area contributed by atoms with Crippen LogP contribution in [0.5, 0.6) is 0 Å². The number of rotatable bonds is 6. The van der Waals surface area contributed by atoms with E-state index in [4.69, 9.17) is 18.0 Å². The quantitative estimate of drug-likeness (QED) is 0.801. The van der Waals surface area contributed by atoms with Gasteiger partial charge in [0.05, 0.1) is 11.1 Å². The highest BCUT2D eigenvalue weighted by Crippen LogP contribution is 2.21. The van der Waals surface area contributed by atoms with Crippen molar-refractivity contribution < 1.29 is 0 Å². The molecule has 0 radical (unpaired) electrons. The molecule has 1 heterocycles. The summed E-state index contributed by atoms with van der Waals surface area (Å²) in [5.41, 5.74) is 7.59. The van der Waals surface area contributed by atoms with Crippen molar-refractivity contribution in [3.8, 4) is 0 Å². The largest absolute Gasteiger partial charge is 0.389 e. The molecule has 106 valence electrons. The summed E-state index contributed by atoms with van der Waals surface area (Å²) in [4.78, 5) is 5.03. The molecule has 20 heavy (non-hydrogen) atoms. The van der Waals surface area contributed by atoms with E-state index in [0.29, 0.717) is 11.0 Å². The van der Waals surface area contributed by atoms with Crippen LogP contribution in [0.4, 0.5) is 5.82 Å². The molecule has 0 aliphatic heterocycles. The van der Waals surface area contributed by atoms with Crippen LogP contribution in [0.2, 0.25) is 0 Å². The molecule has 3 N–H and O–H groups in total. The van der Waals surface area contributed by atoms with Gasteiger partial charge in [0.25, 0.3) is 0 Å². The molecule has 0 fully saturated rings. The third-order valence-corrected chi connectivity index (χ3v) is 4.31. The summed E-state index contributed by atoms with van der Waals surface area (Å²) in [5.74, 6) is 2.92. The lowest BCUT2D eigenvalue weighted by Crippen LogP contribution is -2.22. The minimum atomic E-state index is 0.321. The molecule has 2 aromatic rings. The lowest BCUT2D eigenvalue weighted by molar-refractivity contribution is 0.903. The molecular weight excluding hydrogens is 286 g/mol. The average Bonchev–Trinajstić information content (AvgIpc) is 2.44.